The maximum Gasteiger partial charge on any atom is 0.224 e. The maximum absolute atomic E-state index is 12.7. The number of benzene rings is 2. The fraction of sp³-hybridized carbons (Fsp3) is 0.263. The molecule has 3 aliphatic heterocycles. The molecule has 0 aromatic heterocycles. The molecule has 1 fully saturated rings. The van der Waals surface area contributed by atoms with Crippen LogP contribution in [-0.2, 0) is 23.2 Å². The lowest BCUT2D eigenvalue weighted by molar-refractivity contribution is -0.129. The van der Waals surface area contributed by atoms with E-state index in [1.54, 1.807) is 0 Å². The van der Waals surface area contributed by atoms with Crippen LogP contribution < -0.4 is 0 Å². The topological polar surface area (TPSA) is 32.7 Å². The van der Waals surface area contributed by atoms with Crippen molar-refractivity contribution in [1.82, 2.24) is 4.90 Å². The zero-order valence-corrected chi connectivity index (χ0v) is 12.2. The molecule has 2 aromatic carbocycles. The standard InChI is InChI=1S/C19H16N2O/c22-18-10-19(12-20-16-8-4-3-7-15(16)19)17-9-13-5-1-2-6-14(13)11-21(17)18/h1-8,12,17H,9-11H2/t17-,19-/m0/s1. The normalized spacial score (nSPS) is 27.9. The van der Waals surface area contributed by atoms with Gasteiger partial charge in [-0.25, -0.2) is 0 Å². The Morgan fingerprint density at radius 2 is 1.82 bits per heavy atom. The van der Waals surface area contributed by atoms with Gasteiger partial charge in [0, 0.05) is 19.2 Å². The molecular weight excluding hydrogens is 272 g/mol. The van der Waals surface area contributed by atoms with Gasteiger partial charge < -0.3 is 4.90 Å². The van der Waals surface area contributed by atoms with Gasteiger partial charge in [-0.15, -0.1) is 0 Å². The minimum absolute atomic E-state index is 0.197. The molecule has 3 heteroatoms. The van der Waals surface area contributed by atoms with Gasteiger partial charge in [-0.1, -0.05) is 42.5 Å². The van der Waals surface area contributed by atoms with E-state index in [2.05, 4.69) is 46.3 Å². The lowest BCUT2D eigenvalue weighted by Gasteiger charge is -2.38. The number of fused-ring (bicyclic) bond motifs is 5. The van der Waals surface area contributed by atoms with Crippen LogP contribution in [0, 0.1) is 0 Å². The third-order valence-corrected chi connectivity index (χ3v) is 5.45. The van der Waals surface area contributed by atoms with Gasteiger partial charge in [-0.2, -0.15) is 0 Å². The van der Waals surface area contributed by atoms with E-state index in [1.165, 1.54) is 16.7 Å². The van der Waals surface area contributed by atoms with Crippen molar-refractivity contribution in [1.29, 1.82) is 0 Å². The van der Waals surface area contributed by atoms with Gasteiger partial charge in [0.1, 0.15) is 0 Å². The molecule has 0 N–H and O–H groups in total. The summed E-state index contributed by atoms with van der Waals surface area (Å²) in [6.45, 7) is 0.734. The molecular formula is C19H16N2O. The minimum atomic E-state index is -0.235. The highest BCUT2D eigenvalue weighted by Gasteiger charge is 2.55. The minimum Gasteiger partial charge on any atom is -0.334 e. The average molecular weight is 288 g/mol. The van der Waals surface area contributed by atoms with Crippen LogP contribution in [0.4, 0.5) is 5.69 Å². The quantitative estimate of drug-likeness (QED) is 0.733. The van der Waals surface area contributed by atoms with Crippen LogP contribution in [0.5, 0.6) is 0 Å². The number of carbonyl (C=O) groups is 1. The highest BCUT2D eigenvalue weighted by atomic mass is 16.2. The van der Waals surface area contributed by atoms with Crippen molar-refractivity contribution in [2.24, 2.45) is 4.99 Å². The Bertz CT molecular complexity index is 826. The average Bonchev–Trinajstić information content (AvgIpc) is 3.06. The molecule has 2 atom stereocenters. The smallest absolute Gasteiger partial charge is 0.224 e. The molecule has 1 amide bonds. The highest BCUT2D eigenvalue weighted by Crippen LogP contribution is 2.49. The van der Waals surface area contributed by atoms with Crippen LogP contribution in [0.25, 0.3) is 0 Å². The monoisotopic (exact) mass is 288 g/mol. The van der Waals surface area contributed by atoms with Crippen LogP contribution in [0.1, 0.15) is 23.1 Å². The van der Waals surface area contributed by atoms with E-state index in [9.17, 15) is 4.79 Å². The summed E-state index contributed by atoms with van der Waals surface area (Å²) in [7, 11) is 0. The number of para-hydroxylation sites is 1. The van der Waals surface area contributed by atoms with E-state index in [1.807, 2.05) is 18.3 Å². The molecule has 3 nitrogen and oxygen atoms in total. The molecule has 5 rings (SSSR count). The van der Waals surface area contributed by atoms with Crippen molar-refractivity contribution in [3.05, 3.63) is 65.2 Å². The zero-order chi connectivity index (χ0) is 14.7. The van der Waals surface area contributed by atoms with Gasteiger partial charge in [0.15, 0.2) is 0 Å². The van der Waals surface area contributed by atoms with Crippen LogP contribution in [0.2, 0.25) is 0 Å². The Balaban J connectivity index is 1.67. The number of nitrogens with zero attached hydrogens (tertiary/aromatic N) is 2. The largest absolute Gasteiger partial charge is 0.334 e. The van der Waals surface area contributed by atoms with E-state index >= 15 is 0 Å². The van der Waals surface area contributed by atoms with Crippen LogP contribution >= 0.6 is 0 Å². The Morgan fingerprint density at radius 1 is 1.05 bits per heavy atom. The Kier molecular flexibility index (Phi) is 2.25. The number of hydrogen-bond acceptors (Lipinski definition) is 2. The molecule has 0 saturated carbocycles. The summed E-state index contributed by atoms with van der Waals surface area (Å²) >= 11 is 0. The Labute approximate surface area is 129 Å². The van der Waals surface area contributed by atoms with E-state index in [-0.39, 0.29) is 17.4 Å². The summed E-state index contributed by atoms with van der Waals surface area (Å²) < 4.78 is 0. The van der Waals surface area contributed by atoms with Crippen LogP contribution in [-0.4, -0.2) is 23.1 Å². The van der Waals surface area contributed by atoms with Crippen molar-refractivity contribution in [2.75, 3.05) is 0 Å². The summed E-state index contributed by atoms with van der Waals surface area (Å²) in [5.41, 5.74) is 4.66. The SMILES string of the molecule is O=C1C[C@@]2(C=Nc3ccccc32)[C@@H]2Cc3ccccc3CN12. The van der Waals surface area contributed by atoms with Crippen LogP contribution in [0.3, 0.4) is 0 Å². The van der Waals surface area contributed by atoms with Crippen molar-refractivity contribution < 1.29 is 4.79 Å². The van der Waals surface area contributed by atoms with E-state index in [0.29, 0.717) is 6.42 Å². The first-order valence-corrected chi connectivity index (χ1v) is 7.79. The molecule has 0 bridgehead atoms. The van der Waals surface area contributed by atoms with Crippen LogP contribution in [0.15, 0.2) is 53.5 Å². The van der Waals surface area contributed by atoms with E-state index in [0.717, 1.165) is 18.7 Å². The third kappa shape index (κ3) is 1.41. The molecule has 0 radical (unpaired) electrons. The van der Waals surface area contributed by atoms with E-state index in [4.69, 9.17) is 0 Å². The number of aliphatic imine (C=N–C) groups is 1. The summed E-state index contributed by atoms with van der Waals surface area (Å²) in [6.07, 6.45) is 3.50. The fourth-order valence-electron chi connectivity index (χ4n) is 4.36. The molecule has 1 saturated heterocycles. The summed E-state index contributed by atoms with van der Waals surface area (Å²) in [6, 6.07) is 16.9. The van der Waals surface area contributed by atoms with Gasteiger partial charge in [0.05, 0.1) is 17.1 Å². The van der Waals surface area contributed by atoms with Gasteiger partial charge in [0.2, 0.25) is 5.91 Å². The summed E-state index contributed by atoms with van der Waals surface area (Å²) in [5, 5.41) is 0. The number of hydrogen-bond donors (Lipinski definition) is 0. The molecule has 3 aliphatic rings. The summed E-state index contributed by atoms with van der Waals surface area (Å²) in [4.78, 5) is 19.3. The highest BCUT2D eigenvalue weighted by molar-refractivity contribution is 5.96. The van der Waals surface area contributed by atoms with Gasteiger partial charge >= 0.3 is 0 Å². The second kappa shape index (κ2) is 4.07. The molecule has 0 aliphatic carbocycles. The second-order valence-electron chi connectivity index (χ2n) is 6.50. The third-order valence-electron chi connectivity index (χ3n) is 5.45. The Morgan fingerprint density at radius 3 is 2.73 bits per heavy atom. The first-order chi connectivity index (χ1) is 10.8. The second-order valence-corrected chi connectivity index (χ2v) is 6.50. The number of amides is 1. The number of carbonyl (C=O) groups excluding carboxylic acids is 1. The lowest BCUT2D eigenvalue weighted by atomic mass is 9.73. The van der Waals surface area contributed by atoms with E-state index < -0.39 is 0 Å². The lowest BCUT2D eigenvalue weighted by Crippen LogP contribution is -2.47. The predicted molar refractivity (Wildman–Crippen MR) is 85.4 cm³/mol. The van der Waals surface area contributed by atoms with Gasteiger partial charge in [-0.05, 0) is 29.2 Å². The molecule has 2 aromatic rings. The molecule has 3 heterocycles. The molecule has 0 unspecified atom stereocenters. The fourth-order valence-corrected chi connectivity index (χ4v) is 4.36. The van der Waals surface area contributed by atoms with Crippen molar-refractivity contribution in [2.45, 2.75) is 30.8 Å². The number of rotatable bonds is 0. The molecule has 108 valence electrons. The predicted octanol–water partition coefficient (Wildman–Crippen LogP) is 3.00. The van der Waals surface area contributed by atoms with Crippen molar-refractivity contribution in [3.8, 4) is 0 Å². The zero-order valence-electron chi connectivity index (χ0n) is 12.2. The van der Waals surface area contributed by atoms with Crippen molar-refractivity contribution >= 4 is 17.8 Å². The molecule has 1 spiro atoms. The Hall–Kier alpha value is -2.42. The van der Waals surface area contributed by atoms with Gasteiger partial charge in [-0.3, -0.25) is 9.79 Å². The molecule has 22 heavy (non-hydrogen) atoms. The first-order valence-electron chi connectivity index (χ1n) is 7.79. The summed E-state index contributed by atoms with van der Waals surface area (Å²) in [5.74, 6) is 0.252. The van der Waals surface area contributed by atoms with Crippen molar-refractivity contribution in [3.63, 3.8) is 0 Å². The van der Waals surface area contributed by atoms with Gasteiger partial charge in [0.25, 0.3) is 0 Å². The first kappa shape index (κ1) is 12.2. The maximum atomic E-state index is 12.7.